The molecule has 146 valence electrons. The van der Waals surface area contributed by atoms with Crippen LogP contribution in [0.25, 0.3) is 0 Å². The summed E-state index contributed by atoms with van der Waals surface area (Å²) in [6.07, 6.45) is 5.63. The Morgan fingerprint density at radius 2 is 1.89 bits per heavy atom. The molecule has 1 aliphatic rings. The summed E-state index contributed by atoms with van der Waals surface area (Å²) in [5.41, 5.74) is 0.530. The summed E-state index contributed by atoms with van der Waals surface area (Å²) >= 11 is 1.18. The van der Waals surface area contributed by atoms with Gasteiger partial charge in [-0.05, 0) is 48.6 Å². The fourth-order valence-corrected chi connectivity index (χ4v) is 5.46. The molecule has 1 saturated carbocycles. The third-order valence-corrected chi connectivity index (χ3v) is 7.81. The first-order valence-electron chi connectivity index (χ1n) is 9.01. The summed E-state index contributed by atoms with van der Waals surface area (Å²) in [6, 6.07) is 10.2. The number of benzene rings is 1. The first-order chi connectivity index (χ1) is 13.0. The minimum absolute atomic E-state index is 0.0425. The largest absolute Gasteiger partial charge is 0.484 e. The monoisotopic (exact) mass is 408 g/mol. The van der Waals surface area contributed by atoms with Gasteiger partial charge in [-0.25, -0.2) is 8.42 Å². The number of nitrogens with zero attached hydrogens (tertiary/aromatic N) is 1. The molecule has 1 aliphatic carbocycles. The van der Waals surface area contributed by atoms with Crippen molar-refractivity contribution in [2.45, 2.75) is 42.4 Å². The number of anilines is 1. The molecule has 1 aromatic heterocycles. The summed E-state index contributed by atoms with van der Waals surface area (Å²) in [4.78, 5) is 12.0. The number of carbonyl (C=O) groups is 1. The minimum atomic E-state index is -3.56. The van der Waals surface area contributed by atoms with Gasteiger partial charge in [0.15, 0.2) is 6.61 Å². The minimum Gasteiger partial charge on any atom is -0.484 e. The van der Waals surface area contributed by atoms with Gasteiger partial charge < -0.3 is 10.1 Å². The van der Waals surface area contributed by atoms with Gasteiger partial charge in [0.25, 0.3) is 15.9 Å². The van der Waals surface area contributed by atoms with Crippen LogP contribution >= 0.6 is 11.3 Å². The number of carbonyl (C=O) groups excluding carboxylic acids is 1. The first kappa shape index (κ1) is 19.7. The molecule has 1 fully saturated rings. The summed E-state index contributed by atoms with van der Waals surface area (Å²) in [7, 11) is -2.04. The summed E-state index contributed by atoms with van der Waals surface area (Å²) in [5, 5.41) is 4.74. The van der Waals surface area contributed by atoms with Gasteiger partial charge in [-0.3, -0.25) is 9.10 Å². The molecule has 2 aromatic rings. The van der Waals surface area contributed by atoms with Crippen molar-refractivity contribution in [1.82, 2.24) is 5.32 Å². The number of ether oxygens (including phenoxy) is 1. The van der Waals surface area contributed by atoms with Gasteiger partial charge in [0.2, 0.25) is 0 Å². The Kier molecular flexibility index (Phi) is 6.38. The van der Waals surface area contributed by atoms with Crippen molar-refractivity contribution < 1.29 is 17.9 Å². The second-order valence-corrected chi connectivity index (χ2v) is 9.73. The molecule has 1 heterocycles. The third kappa shape index (κ3) is 5.01. The maximum Gasteiger partial charge on any atom is 0.273 e. The van der Waals surface area contributed by atoms with Crippen molar-refractivity contribution in [2.75, 3.05) is 18.0 Å². The van der Waals surface area contributed by atoms with E-state index in [1.54, 1.807) is 41.8 Å². The van der Waals surface area contributed by atoms with Crippen LogP contribution in [0.4, 0.5) is 5.69 Å². The van der Waals surface area contributed by atoms with Crippen molar-refractivity contribution in [3.63, 3.8) is 0 Å². The average molecular weight is 409 g/mol. The fraction of sp³-hybridized carbons (Fsp3) is 0.421. The van der Waals surface area contributed by atoms with Crippen molar-refractivity contribution in [1.29, 1.82) is 0 Å². The average Bonchev–Trinajstić information content (AvgIpc) is 3.23. The summed E-state index contributed by atoms with van der Waals surface area (Å²) in [6.45, 7) is -0.0425. The zero-order valence-corrected chi connectivity index (χ0v) is 16.9. The van der Waals surface area contributed by atoms with E-state index in [2.05, 4.69) is 5.32 Å². The van der Waals surface area contributed by atoms with E-state index >= 15 is 0 Å². The number of rotatable bonds is 7. The first-order valence-corrected chi connectivity index (χ1v) is 11.3. The lowest BCUT2D eigenvalue weighted by Crippen LogP contribution is -2.38. The lowest BCUT2D eigenvalue weighted by Gasteiger charge is -2.22. The SMILES string of the molecule is CN(c1ccc(OCC(=O)NC2CCCCC2)cc1)S(=O)(=O)c1cccs1. The second-order valence-electron chi connectivity index (χ2n) is 6.59. The number of amides is 1. The highest BCUT2D eigenvalue weighted by molar-refractivity contribution is 7.94. The number of thiophene rings is 1. The van der Waals surface area contributed by atoms with Crippen LogP contribution in [0.15, 0.2) is 46.0 Å². The molecule has 1 N–H and O–H groups in total. The van der Waals surface area contributed by atoms with E-state index in [0.29, 0.717) is 15.6 Å². The molecular formula is C19H24N2O4S2. The topological polar surface area (TPSA) is 75.7 Å². The Hall–Kier alpha value is -2.06. The van der Waals surface area contributed by atoms with Crippen LogP contribution in [0.3, 0.4) is 0 Å². The van der Waals surface area contributed by atoms with Crippen LogP contribution in [0.5, 0.6) is 5.75 Å². The molecule has 8 heteroatoms. The van der Waals surface area contributed by atoms with E-state index in [9.17, 15) is 13.2 Å². The van der Waals surface area contributed by atoms with E-state index in [-0.39, 0.29) is 18.6 Å². The predicted molar refractivity (Wildman–Crippen MR) is 107 cm³/mol. The van der Waals surface area contributed by atoms with Crippen LogP contribution in [0.2, 0.25) is 0 Å². The van der Waals surface area contributed by atoms with Crippen molar-refractivity contribution >= 4 is 33.0 Å². The molecule has 0 spiro atoms. The Bertz CT molecular complexity index is 842. The van der Waals surface area contributed by atoms with Gasteiger partial charge in [0.05, 0.1) is 5.69 Å². The predicted octanol–water partition coefficient (Wildman–Crippen LogP) is 3.40. The zero-order valence-electron chi connectivity index (χ0n) is 15.3. The van der Waals surface area contributed by atoms with Crippen LogP contribution in [0.1, 0.15) is 32.1 Å². The van der Waals surface area contributed by atoms with Gasteiger partial charge in [-0.1, -0.05) is 25.3 Å². The lowest BCUT2D eigenvalue weighted by molar-refractivity contribution is -0.124. The van der Waals surface area contributed by atoms with Gasteiger partial charge in [0.1, 0.15) is 9.96 Å². The van der Waals surface area contributed by atoms with Crippen LogP contribution < -0.4 is 14.4 Å². The standard InChI is InChI=1S/C19H24N2O4S2/c1-21(27(23,24)19-8-5-13-26-19)16-9-11-17(12-10-16)25-14-18(22)20-15-6-3-2-4-7-15/h5,8-13,15H,2-4,6-7,14H2,1H3,(H,20,22). The number of nitrogens with one attached hydrogen (secondary N) is 1. The molecule has 1 aromatic carbocycles. The molecule has 1 amide bonds. The molecule has 0 saturated heterocycles. The van der Waals surface area contributed by atoms with E-state index in [1.807, 2.05) is 0 Å². The van der Waals surface area contributed by atoms with Crippen molar-refractivity contribution in [3.05, 3.63) is 41.8 Å². The Morgan fingerprint density at radius 1 is 1.19 bits per heavy atom. The fourth-order valence-electron chi connectivity index (χ4n) is 3.10. The van der Waals surface area contributed by atoms with Crippen LogP contribution in [0, 0.1) is 0 Å². The zero-order chi connectivity index (χ0) is 19.3. The molecule has 6 nitrogen and oxygen atoms in total. The van der Waals surface area contributed by atoms with E-state index in [0.717, 1.165) is 25.7 Å². The van der Waals surface area contributed by atoms with E-state index in [4.69, 9.17) is 4.74 Å². The van der Waals surface area contributed by atoms with Crippen molar-refractivity contribution in [2.24, 2.45) is 0 Å². The number of hydrogen-bond donors (Lipinski definition) is 1. The van der Waals surface area contributed by atoms with E-state index < -0.39 is 10.0 Å². The summed E-state index contributed by atoms with van der Waals surface area (Å²) in [5.74, 6) is 0.405. The highest BCUT2D eigenvalue weighted by Crippen LogP contribution is 2.26. The quantitative estimate of drug-likeness (QED) is 0.762. The van der Waals surface area contributed by atoms with Crippen LogP contribution in [-0.2, 0) is 14.8 Å². The molecule has 0 radical (unpaired) electrons. The Morgan fingerprint density at radius 3 is 2.52 bits per heavy atom. The van der Waals surface area contributed by atoms with Gasteiger partial charge in [-0.15, -0.1) is 11.3 Å². The molecule has 0 unspecified atom stereocenters. The highest BCUT2D eigenvalue weighted by Gasteiger charge is 2.22. The maximum absolute atomic E-state index is 12.5. The third-order valence-electron chi connectivity index (χ3n) is 4.65. The summed E-state index contributed by atoms with van der Waals surface area (Å²) < 4.78 is 32.1. The number of hydrogen-bond acceptors (Lipinski definition) is 5. The molecule has 3 rings (SSSR count). The van der Waals surface area contributed by atoms with Gasteiger partial charge in [0, 0.05) is 13.1 Å². The maximum atomic E-state index is 12.5. The second kappa shape index (κ2) is 8.75. The molecule has 0 bridgehead atoms. The Labute approximate surface area is 164 Å². The molecule has 0 aliphatic heterocycles. The highest BCUT2D eigenvalue weighted by atomic mass is 32.2. The van der Waals surface area contributed by atoms with E-state index in [1.165, 1.54) is 29.1 Å². The molecule has 0 atom stereocenters. The smallest absolute Gasteiger partial charge is 0.273 e. The Balaban J connectivity index is 1.54. The van der Waals surface area contributed by atoms with Gasteiger partial charge >= 0.3 is 0 Å². The number of sulfonamides is 1. The molecular weight excluding hydrogens is 384 g/mol. The normalized spacial score (nSPS) is 15.3. The molecule has 27 heavy (non-hydrogen) atoms. The van der Waals surface area contributed by atoms with Crippen LogP contribution in [-0.4, -0.2) is 34.0 Å². The van der Waals surface area contributed by atoms with Gasteiger partial charge in [-0.2, -0.15) is 0 Å². The van der Waals surface area contributed by atoms with Crippen molar-refractivity contribution in [3.8, 4) is 5.75 Å². The lowest BCUT2D eigenvalue weighted by atomic mass is 9.95.